The SMILES string of the molecule is CN1N=C2CCN(C(=O)[C@@H](COCc3ccccc3)CC(C)(N)C(N)=O)C[C@]2(Cc2ccccn2)C1=O. The van der Waals surface area contributed by atoms with Gasteiger partial charge in [-0.25, -0.2) is 5.01 Å². The van der Waals surface area contributed by atoms with Crippen LogP contribution in [-0.4, -0.2) is 70.6 Å². The first-order valence-corrected chi connectivity index (χ1v) is 12.4. The van der Waals surface area contributed by atoms with Gasteiger partial charge in [0.2, 0.25) is 11.8 Å². The van der Waals surface area contributed by atoms with E-state index in [2.05, 4.69) is 10.1 Å². The van der Waals surface area contributed by atoms with Gasteiger partial charge in [0.25, 0.3) is 5.91 Å². The minimum atomic E-state index is -1.39. The molecule has 1 fully saturated rings. The zero-order valence-electron chi connectivity index (χ0n) is 21.3. The van der Waals surface area contributed by atoms with Gasteiger partial charge in [0, 0.05) is 44.9 Å². The van der Waals surface area contributed by atoms with E-state index in [0.717, 1.165) is 17.0 Å². The number of carbonyl (C=O) groups is 3. The summed E-state index contributed by atoms with van der Waals surface area (Å²) in [5.74, 6) is -1.80. The summed E-state index contributed by atoms with van der Waals surface area (Å²) < 4.78 is 5.90. The number of pyridine rings is 1. The van der Waals surface area contributed by atoms with Gasteiger partial charge in [-0.1, -0.05) is 36.4 Å². The second-order valence-corrected chi connectivity index (χ2v) is 10.1. The van der Waals surface area contributed by atoms with E-state index in [4.69, 9.17) is 16.2 Å². The molecule has 4 N–H and O–H groups in total. The number of likely N-dealkylation sites (tertiary alicyclic amines) is 1. The third-order valence-corrected chi connectivity index (χ3v) is 7.14. The van der Waals surface area contributed by atoms with Crippen molar-refractivity contribution in [3.63, 3.8) is 0 Å². The van der Waals surface area contributed by atoms with Gasteiger partial charge in [-0.15, -0.1) is 0 Å². The summed E-state index contributed by atoms with van der Waals surface area (Å²) in [6, 6.07) is 15.2. The molecule has 3 atom stereocenters. The van der Waals surface area contributed by atoms with Crippen LogP contribution >= 0.6 is 0 Å². The van der Waals surface area contributed by atoms with Gasteiger partial charge >= 0.3 is 0 Å². The maximum atomic E-state index is 13.9. The summed E-state index contributed by atoms with van der Waals surface area (Å²) in [6.07, 6.45) is 2.50. The molecule has 3 amide bonds. The molecule has 3 heterocycles. The van der Waals surface area contributed by atoms with Crippen molar-refractivity contribution in [2.75, 3.05) is 26.7 Å². The molecule has 10 nitrogen and oxygen atoms in total. The summed E-state index contributed by atoms with van der Waals surface area (Å²) in [4.78, 5) is 45.3. The second-order valence-electron chi connectivity index (χ2n) is 10.1. The van der Waals surface area contributed by atoms with Gasteiger partial charge < -0.3 is 21.1 Å². The number of aromatic nitrogens is 1. The quantitative estimate of drug-likeness (QED) is 0.494. The van der Waals surface area contributed by atoms with Crippen LogP contribution in [0.5, 0.6) is 0 Å². The molecule has 0 spiro atoms. The van der Waals surface area contributed by atoms with Crippen molar-refractivity contribution < 1.29 is 19.1 Å². The van der Waals surface area contributed by atoms with E-state index in [0.29, 0.717) is 26.0 Å². The molecular formula is C27H34N6O4. The van der Waals surface area contributed by atoms with Gasteiger partial charge in [0.05, 0.1) is 30.4 Å². The smallest absolute Gasteiger partial charge is 0.256 e. The van der Waals surface area contributed by atoms with Gasteiger partial charge in [-0.05, 0) is 31.0 Å². The third-order valence-electron chi connectivity index (χ3n) is 7.14. The molecule has 1 aromatic carbocycles. The minimum absolute atomic E-state index is 0.0223. The van der Waals surface area contributed by atoms with Gasteiger partial charge in [-0.3, -0.25) is 19.4 Å². The van der Waals surface area contributed by atoms with E-state index < -0.39 is 22.8 Å². The van der Waals surface area contributed by atoms with Crippen LogP contribution in [0.25, 0.3) is 0 Å². The number of piperidine rings is 1. The maximum absolute atomic E-state index is 13.9. The number of amides is 3. The Morgan fingerprint density at radius 2 is 1.92 bits per heavy atom. The third kappa shape index (κ3) is 5.70. The highest BCUT2D eigenvalue weighted by atomic mass is 16.5. The van der Waals surface area contributed by atoms with Crippen molar-refractivity contribution in [2.24, 2.45) is 27.9 Å². The number of primary amides is 1. The van der Waals surface area contributed by atoms with Crippen LogP contribution in [-0.2, 0) is 32.1 Å². The zero-order valence-corrected chi connectivity index (χ0v) is 21.3. The first-order chi connectivity index (χ1) is 17.6. The predicted molar refractivity (Wildman–Crippen MR) is 138 cm³/mol. The average Bonchev–Trinajstić information content (AvgIpc) is 3.13. The number of nitrogens with zero attached hydrogens (tertiary/aromatic N) is 4. The Morgan fingerprint density at radius 3 is 2.59 bits per heavy atom. The molecule has 10 heteroatoms. The first-order valence-electron chi connectivity index (χ1n) is 12.4. The van der Waals surface area contributed by atoms with Crippen molar-refractivity contribution in [1.29, 1.82) is 0 Å². The molecular weight excluding hydrogens is 472 g/mol. The lowest BCUT2D eigenvalue weighted by molar-refractivity contribution is -0.144. The first kappa shape index (κ1) is 26.4. The molecule has 1 unspecified atom stereocenters. The summed E-state index contributed by atoms with van der Waals surface area (Å²) in [7, 11) is 1.63. The van der Waals surface area contributed by atoms with Crippen LogP contribution in [0.4, 0.5) is 0 Å². The number of fused-ring (bicyclic) bond motifs is 1. The Morgan fingerprint density at radius 1 is 1.19 bits per heavy atom. The fraction of sp³-hybridized carbons (Fsp3) is 0.444. The topological polar surface area (TPSA) is 144 Å². The molecule has 196 valence electrons. The number of benzene rings is 1. The predicted octanol–water partition coefficient (Wildman–Crippen LogP) is 1.10. The number of hydrazone groups is 1. The zero-order chi connectivity index (χ0) is 26.6. The van der Waals surface area contributed by atoms with E-state index in [9.17, 15) is 14.4 Å². The van der Waals surface area contributed by atoms with Crippen molar-refractivity contribution in [1.82, 2.24) is 14.9 Å². The van der Waals surface area contributed by atoms with Crippen molar-refractivity contribution in [3.05, 3.63) is 66.0 Å². The lowest BCUT2D eigenvalue weighted by atomic mass is 9.74. The molecule has 2 aliphatic rings. The van der Waals surface area contributed by atoms with Crippen LogP contribution in [0.15, 0.2) is 59.8 Å². The Hall–Kier alpha value is -3.63. The number of nitrogens with two attached hydrogens (primary N) is 2. The van der Waals surface area contributed by atoms with Gasteiger partial charge in [0.1, 0.15) is 5.41 Å². The van der Waals surface area contributed by atoms with Gasteiger partial charge in [0.15, 0.2) is 0 Å². The number of ether oxygens (including phenoxy) is 1. The lowest BCUT2D eigenvalue weighted by Crippen LogP contribution is -2.58. The van der Waals surface area contributed by atoms with Crippen LogP contribution in [0, 0.1) is 11.3 Å². The average molecular weight is 507 g/mol. The van der Waals surface area contributed by atoms with Gasteiger partial charge in [-0.2, -0.15) is 5.10 Å². The van der Waals surface area contributed by atoms with Crippen molar-refractivity contribution in [2.45, 2.75) is 38.3 Å². The largest absolute Gasteiger partial charge is 0.376 e. The van der Waals surface area contributed by atoms with Crippen LogP contribution < -0.4 is 11.5 Å². The minimum Gasteiger partial charge on any atom is -0.376 e. The molecule has 1 saturated heterocycles. The summed E-state index contributed by atoms with van der Waals surface area (Å²) >= 11 is 0. The Kier molecular flexibility index (Phi) is 7.70. The Balaban J connectivity index is 1.55. The number of carbonyl (C=O) groups excluding carboxylic acids is 3. The van der Waals surface area contributed by atoms with Crippen LogP contribution in [0.1, 0.15) is 31.0 Å². The normalized spacial score (nSPS) is 21.7. The number of hydrogen-bond donors (Lipinski definition) is 2. The van der Waals surface area contributed by atoms with E-state index in [1.807, 2.05) is 48.5 Å². The molecule has 1 aromatic heterocycles. The molecule has 2 aromatic rings. The monoisotopic (exact) mass is 506 g/mol. The van der Waals surface area contributed by atoms with Crippen molar-refractivity contribution in [3.8, 4) is 0 Å². The molecule has 0 radical (unpaired) electrons. The molecule has 0 aliphatic carbocycles. The molecule has 0 bridgehead atoms. The number of rotatable bonds is 10. The summed E-state index contributed by atoms with van der Waals surface area (Å²) in [6.45, 7) is 2.46. The fourth-order valence-corrected chi connectivity index (χ4v) is 5.06. The molecule has 0 saturated carbocycles. The summed E-state index contributed by atoms with van der Waals surface area (Å²) in [5.41, 5.74) is 11.8. The highest BCUT2D eigenvalue weighted by molar-refractivity contribution is 6.13. The van der Waals surface area contributed by atoms with E-state index >= 15 is 0 Å². The fourth-order valence-electron chi connectivity index (χ4n) is 5.06. The highest BCUT2D eigenvalue weighted by Gasteiger charge is 2.54. The maximum Gasteiger partial charge on any atom is 0.256 e. The molecule has 37 heavy (non-hydrogen) atoms. The van der Waals surface area contributed by atoms with E-state index in [-0.39, 0.29) is 31.4 Å². The van der Waals surface area contributed by atoms with Crippen LogP contribution in [0.3, 0.4) is 0 Å². The standard InChI is InChI=1S/C27H34N6O4/c1-26(29,24(28)35)14-20(17-37-16-19-8-4-3-5-9-19)23(34)33-13-11-22-27(18-33,25(36)32(2)31-22)15-21-10-6-7-12-30-21/h3-10,12,20H,11,13-18,29H2,1-2H3,(H2,28,35)/t20-,26?,27+/m1/s1. The second kappa shape index (κ2) is 10.8. The Bertz CT molecular complexity index is 1170. The molecule has 2 aliphatic heterocycles. The molecule has 4 rings (SSSR count). The highest BCUT2D eigenvalue weighted by Crippen LogP contribution is 2.38. The van der Waals surface area contributed by atoms with E-state index in [1.54, 1.807) is 18.1 Å². The summed E-state index contributed by atoms with van der Waals surface area (Å²) in [5, 5.41) is 5.85. The number of hydrogen-bond acceptors (Lipinski definition) is 7. The van der Waals surface area contributed by atoms with E-state index in [1.165, 1.54) is 11.9 Å². The lowest BCUT2D eigenvalue weighted by Gasteiger charge is -2.41. The Labute approximate surface area is 216 Å². The van der Waals surface area contributed by atoms with Crippen molar-refractivity contribution >= 4 is 23.4 Å². The van der Waals surface area contributed by atoms with Crippen LogP contribution in [0.2, 0.25) is 0 Å².